The molecule has 1 aliphatic rings. The van der Waals surface area contributed by atoms with Gasteiger partial charge >= 0.3 is 0 Å². The topological polar surface area (TPSA) is 32.7 Å². The van der Waals surface area contributed by atoms with Crippen molar-refractivity contribution in [2.75, 3.05) is 0 Å². The molecule has 0 saturated carbocycles. The largest absolute Gasteiger partial charge is 0.274 e. The fraction of sp³-hybridized carbons (Fsp3) is 0.143. The average Bonchev–Trinajstić information content (AvgIpc) is 3.32. The minimum atomic E-state index is -0.0629. The van der Waals surface area contributed by atoms with Crippen LogP contribution >= 0.6 is 11.3 Å². The van der Waals surface area contributed by atoms with Crippen LogP contribution in [0.25, 0.3) is 0 Å². The van der Waals surface area contributed by atoms with Crippen LogP contribution in [0.5, 0.6) is 0 Å². The predicted molar refractivity (Wildman–Crippen MR) is 102 cm³/mol. The molecule has 124 valence electrons. The van der Waals surface area contributed by atoms with E-state index < -0.39 is 0 Å². The van der Waals surface area contributed by atoms with Gasteiger partial charge in [0, 0.05) is 12.0 Å². The number of hydrogen-bond acceptors (Lipinski definition) is 3. The molecule has 0 fully saturated rings. The first-order valence-corrected chi connectivity index (χ1v) is 9.17. The highest BCUT2D eigenvalue weighted by molar-refractivity contribution is 7.12. The number of nitrogens with zero attached hydrogens (tertiary/aromatic N) is 2. The molecule has 1 atom stereocenters. The van der Waals surface area contributed by atoms with E-state index in [1.165, 1.54) is 0 Å². The third kappa shape index (κ3) is 3.13. The van der Waals surface area contributed by atoms with Crippen LogP contribution in [0.4, 0.5) is 0 Å². The van der Waals surface area contributed by atoms with E-state index in [4.69, 9.17) is 5.10 Å². The quantitative estimate of drug-likeness (QED) is 0.653. The molecule has 1 aromatic heterocycles. The zero-order chi connectivity index (χ0) is 17.2. The van der Waals surface area contributed by atoms with Gasteiger partial charge in [-0.15, -0.1) is 11.3 Å². The van der Waals surface area contributed by atoms with Gasteiger partial charge in [0.1, 0.15) is 0 Å². The molecular weight excluding hydrogens is 328 g/mol. The zero-order valence-corrected chi connectivity index (χ0v) is 14.7. The monoisotopic (exact) mass is 346 g/mol. The molecule has 0 bridgehead atoms. The molecule has 0 N–H and O–H groups in total. The molecule has 1 aliphatic heterocycles. The highest BCUT2D eigenvalue weighted by atomic mass is 32.1. The van der Waals surface area contributed by atoms with Crippen LogP contribution in [-0.4, -0.2) is 16.6 Å². The van der Waals surface area contributed by atoms with E-state index in [1.807, 2.05) is 60.8 Å². The standard InChI is InChI=1S/C21H18N2OS/c1-15-9-11-17(12-10-15)21(24)23-19(16-6-3-2-4-7-16)14-18(22-23)20-8-5-13-25-20/h2-13,19H,14H2,1H3/t19-/m1/s1. The van der Waals surface area contributed by atoms with Crippen LogP contribution in [-0.2, 0) is 0 Å². The zero-order valence-electron chi connectivity index (χ0n) is 13.9. The van der Waals surface area contributed by atoms with Gasteiger partial charge in [0.25, 0.3) is 5.91 Å². The van der Waals surface area contributed by atoms with E-state index in [2.05, 4.69) is 18.2 Å². The lowest BCUT2D eigenvalue weighted by Gasteiger charge is -2.22. The lowest BCUT2D eigenvalue weighted by Crippen LogP contribution is -2.27. The Hall–Kier alpha value is -2.72. The molecule has 0 unspecified atom stereocenters. The summed E-state index contributed by atoms with van der Waals surface area (Å²) in [6.45, 7) is 2.02. The van der Waals surface area contributed by atoms with Gasteiger partial charge in [-0.2, -0.15) is 5.10 Å². The number of hydrazone groups is 1. The number of rotatable bonds is 3. The van der Waals surface area contributed by atoms with Crippen molar-refractivity contribution in [3.8, 4) is 0 Å². The average molecular weight is 346 g/mol. The fourth-order valence-corrected chi connectivity index (χ4v) is 3.77. The summed E-state index contributed by atoms with van der Waals surface area (Å²) in [6.07, 6.45) is 0.738. The van der Waals surface area contributed by atoms with E-state index in [-0.39, 0.29) is 11.9 Å². The van der Waals surface area contributed by atoms with Crippen molar-refractivity contribution in [2.45, 2.75) is 19.4 Å². The number of benzene rings is 2. The molecule has 0 radical (unpaired) electrons. The molecule has 4 heteroatoms. The second kappa shape index (κ2) is 6.65. The van der Waals surface area contributed by atoms with Gasteiger partial charge in [0.15, 0.2) is 0 Å². The van der Waals surface area contributed by atoms with Crippen LogP contribution in [0.1, 0.15) is 38.8 Å². The first-order chi connectivity index (χ1) is 12.2. The summed E-state index contributed by atoms with van der Waals surface area (Å²) in [4.78, 5) is 14.2. The van der Waals surface area contributed by atoms with Crippen molar-refractivity contribution in [2.24, 2.45) is 5.10 Å². The Labute approximate surface area is 151 Å². The molecule has 2 aromatic carbocycles. The molecular formula is C21H18N2OS. The van der Waals surface area contributed by atoms with Crippen molar-refractivity contribution in [1.82, 2.24) is 5.01 Å². The van der Waals surface area contributed by atoms with E-state index >= 15 is 0 Å². The highest BCUT2D eigenvalue weighted by Gasteiger charge is 2.33. The second-order valence-corrected chi connectivity index (χ2v) is 7.12. The van der Waals surface area contributed by atoms with Crippen LogP contribution in [0.15, 0.2) is 77.2 Å². The Morgan fingerprint density at radius 1 is 1.04 bits per heavy atom. The Balaban J connectivity index is 1.71. The van der Waals surface area contributed by atoms with Crippen LogP contribution in [0.2, 0.25) is 0 Å². The van der Waals surface area contributed by atoms with Crippen molar-refractivity contribution >= 4 is 23.0 Å². The Kier molecular flexibility index (Phi) is 4.20. The molecule has 0 spiro atoms. The predicted octanol–water partition coefficient (Wildman–Crippen LogP) is 5.05. The second-order valence-electron chi connectivity index (χ2n) is 6.17. The van der Waals surface area contributed by atoms with E-state index in [0.717, 1.165) is 28.1 Å². The number of thiophene rings is 1. The van der Waals surface area contributed by atoms with E-state index in [9.17, 15) is 4.79 Å². The Morgan fingerprint density at radius 2 is 1.80 bits per heavy atom. The number of hydrogen-bond donors (Lipinski definition) is 0. The van der Waals surface area contributed by atoms with Gasteiger partial charge in [-0.05, 0) is 36.1 Å². The Morgan fingerprint density at radius 3 is 2.48 bits per heavy atom. The molecule has 0 aliphatic carbocycles. The van der Waals surface area contributed by atoms with Crippen molar-refractivity contribution < 1.29 is 4.79 Å². The summed E-state index contributed by atoms with van der Waals surface area (Å²) in [5.41, 5.74) is 3.89. The van der Waals surface area contributed by atoms with Gasteiger partial charge in [-0.1, -0.05) is 54.1 Å². The lowest BCUT2D eigenvalue weighted by atomic mass is 10.0. The van der Waals surface area contributed by atoms with Crippen molar-refractivity contribution in [1.29, 1.82) is 0 Å². The summed E-state index contributed by atoms with van der Waals surface area (Å²) >= 11 is 1.66. The van der Waals surface area contributed by atoms with Crippen molar-refractivity contribution in [3.63, 3.8) is 0 Å². The fourth-order valence-electron chi connectivity index (χ4n) is 3.05. The van der Waals surface area contributed by atoms with E-state index in [0.29, 0.717) is 5.56 Å². The highest BCUT2D eigenvalue weighted by Crippen LogP contribution is 2.34. The van der Waals surface area contributed by atoms with Gasteiger partial charge in [-0.25, -0.2) is 5.01 Å². The van der Waals surface area contributed by atoms with Crippen LogP contribution < -0.4 is 0 Å². The van der Waals surface area contributed by atoms with Gasteiger partial charge < -0.3 is 0 Å². The summed E-state index contributed by atoms with van der Waals surface area (Å²) in [5, 5.41) is 8.39. The molecule has 1 amide bonds. The maximum Gasteiger partial charge on any atom is 0.274 e. The molecule has 25 heavy (non-hydrogen) atoms. The molecule has 0 saturated heterocycles. The maximum absolute atomic E-state index is 13.1. The van der Waals surface area contributed by atoms with Crippen molar-refractivity contribution in [3.05, 3.63) is 93.7 Å². The van der Waals surface area contributed by atoms with Crippen LogP contribution in [0, 0.1) is 6.92 Å². The molecule has 2 heterocycles. The normalized spacial score (nSPS) is 16.8. The lowest BCUT2D eigenvalue weighted by molar-refractivity contribution is 0.0711. The summed E-state index contributed by atoms with van der Waals surface area (Å²) < 4.78 is 0. The summed E-state index contributed by atoms with van der Waals surface area (Å²) in [6, 6.07) is 21.8. The third-order valence-corrected chi connectivity index (χ3v) is 5.33. The first kappa shape index (κ1) is 15.8. The smallest absolute Gasteiger partial charge is 0.267 e. The van der Waals surface area contributed by atoms with Gasteiger partial charge in [-0.3, -0.25) is 4.79 Å². The SMILES string of the molecule is Cc1ccc(C(=O)N2N=C(c3cccs3)C[C@@H]2c2ccccc2)cc1. The minimum Gasteiger partial charge on any atom is -0.267 e. The summed E-state index contributed by atoms with van der Waals surface area (Å²) in [5.74, 6) is -0.0552. The minimum absolute atomic E-state index is 0.0552. The molecule has 3 aromatic rings. The molecule has 4 rings (SSSR count). The number of carbonyl (C=O) groups is 1. The number of aryl methyl sites for hydroxylation is 1. The molecule has 3 nitrogen and oxygen atoms in total. The van der Waals surface area contributed by atoms with Gasteiger partial charge in [0.2, 0.25) is 0 Å². The number of amides is 1. The Bertz CT molecular complexity index is 899. The van der Waals surface area contributed by atoms with Crippen LogP contribution in [0.3, 0.4) is 0 Å². The maximum atomic E-state index is 13.1. The number of carbonyl (C=O) groups excluding carboxylic acids is 1. The third-order valence-electron chi connectivity index (χ3n) is 4.41. The first-order valence-electron chi connectivity index (χ1n) is 8.29. The van der Waals surface area contributed by atoms with E-state index in [1.54, 1.807) is 16.3 Å². The van der Waals surface area contributed by atoms with Gasteiger partial charge in [0.05, 0.1) is 16.6 Å². The summed E-state index contributed by atoms with van der Waals surface area (Å²) in [7, 11) is 0.